The van der Waals surface area contributed by atoms with Gasteiger partial charge in [-0.3, -0.25) is 0 Å². The Hall–Kier alpha value is -1.30. The van der Waals surface area contributed by atoms with E-state index in [1.807, 2.05) is 0 Å². The number of halogens is 1. The van der Waals surface area contributed by atoms with Crippen LogP contribution in [0.2, 0.25) is 5.02 Å². The zero-order valence-electron chi connectivity index (χ0n) is 11.4. The van der Waals surface area contributed by atoms with Crippen LogP contribution in [0.1, 0.15) is 12.8 Å². The second-order valence-electron chi connectivity index (χ2n) is 5.10. The molecule has 1 fully saturated rings. The van der Waals surface area contributed by atoms with E-state index >= 15 is 0 Å². The molecule has 0 bridgehead atoms. The number of para-hydroxylation sites is 1. The summed E-state index contributed by atoms with van der Waals surface area (Å²) in [5, 5.41) is 13.6. The van der Waals surface area contributed by atoms with Crippen LogP contribution >= 0.6 is 11.6 Å². The summed E-state index contributed by atoms with van der Waals surface area (Å²) in [6.07, 6.45) is 1.08. The van der Waals surface area contributed by atoms with E-state index in [1.54, 1.807) is 31.3 Å². The summed E-state index contributed by atoms with van der Waals surface area (Å²) < 4.78 is 5.22. The molecule has 20 heavy (non-hydrogen) atoms. The molecule has 2 N–H and O–H groups in total. The van der Waals surface area contributed by atoms with Crippen LogP contribution in [-0.4, -0.2) is 48.4 Å². The molecule has 2 rings (SSSR count). The summed E-state index contributed by atoms with van der Waals surface area (Å²) in [7, 11) is 1.65. The third-order valence-electron chi connectivity index (χ3n) is 3.42. The summed E-state index contributed by atoms with van der Waals surface area (Å²) in [4.78, 5) is 13.6. The number of hydrogen-bond acceptors (Lipinski definition) is 3. The molecule has 1 aromatic carbocycles. The first kappa shape index (κ1) is 15.1. The first-order chi connectivity index (χ1) is 9.50. The number of urea groups is 1. The molecular formula is C14H19ClN2O3. The molecule has 1 aliphatic heterocycles. The van der Waals surface area contributed by atoms with Crippen molar-refractivity contribution in [3.63, 3.8) is 0 Å². The molecule has 2 amide bonds. The summed E-state index contributed by atoms with van der Waals surface area (Å²) in [6.45, 7) is 1.32. The molecule has 5 nitrogen and oxygen atoms in total. The first-order valence-corrected chi connectivity index (χ1v) is 6.95. The van der Waals surface area contributed by atoms with Gasteiger partial charge in [0, 0.05) is 33.1 Å². The first-order valence-electron chi connectivity index (χ1n) is 6.57. The van der Waals surface area contributed by atoms with Crippen molar-refractivity contribution in [3.8, 4) is 0 Å². The Morgan fingerprint density at radius 2 is 2.10 bits per heavy atom. The highest BCUT2D eigenvalue weighted by Crippen LogP contribution is 2.23. The van der Waals surface area contributed by atoms with Gasteiger partial charge < -0.3 is 20.1 Å². The zero-order chi connectivity index (χ0) is 14.6. The summed E-state index contributed by atoms with van der Waals surface area (Å²) >= 11 is 5.99. The standard InChI is InChI=1S/C14H19ClN2O3/c1-17(10-14(19)6-8-20-9-7-14)13(18)16-12-5-3-2-4-11(12)15/h2-5,19H,6-10H2,1H3,(H,16,18). The molecule has 0 unspecified atom stereocenters. The minimum atomic E-state index is -0.870. The molecule has 6 heteroatoms. The zero-order valence-corrected chi connectivity index (χ0v) is 12.2. The van der Waals surface area contributed by atoms with Crippen LogP contribution in [0.4, 0.5) is 10.5 Å². The normalized spacial score (nSPS) is 17.6. The number of likely N-dealkylation sites (N-methyl/N-ethyl adjacent to an activating group) is 1. The van der Waals surface area contributed by atoms with Crippen molar-refractivity contribution < 1.29 is 14.6 Å². The predicted octanol–water partition coefficient (Wildman–Crippen LogP) is 2.35. The maximum absolute atomic E-state index is 12.1. The Balaban J connectivity index is 1.93. The number of carbonyl (C=O) groups is 1. The van der Waals surface area contributed by atoms with Gasteiger partial charge in [-0.2, -0.15) is 0 Å². The molecule has 1 aliphatic rings. The third-order valence-corrected chi connectivity index (χ3v) is 3.75. The van der Waals surface area contributed by atoms with Crippen molar-refractivity contribution in [1.82, 2.24) is 4.90 Å². The van der Waals surface area contributed by atoms with Crippen LogP contribution in [0.15, 0.2) is 24.3 Å². The van der Waals surface area contributed by atoms with E-state index in [4.69, 9.17) is 16.3 Å². The highest BCUT2D eigenvalue weighted by Gasteiger charge is 2.32. The van der Waals surface area contributed by atoms with Crippen molar-refractivity contribution in [3.05, 3.63) is 29.3 Å². The topological polar surface area (TPSA) is 61.8 Å². The number of rotatable bonds is 3. The van der Waals surface area contributed by atoms with E-state index in [1.165, 1.54) is 4.90 Å². The Morgan fingerprint density at radius 3 is 2.75 bits per heavy atom. The van der Waals surface area contributed by atoms with Gasteiger partial charge in [0.2, 0.25) is 0 Å². The quantitative estimate of drug-likeness (QED) is 0.900. The number of benzene rings is 1. The number of aliphatic hydroxyl groups is 1. The minimum Gasteiger partial charge on any atom is -0.388 e. The van der Waals surface area contributed by atoms with Crippen LogP contribution < -0.4 is 5.32 Å². The molecule has 1 saturated heterocycles. The van der Waals surface area contributed by atoms with E-state index in [9.17, 15) is 9.90 Å². The van der Waals surface area contributed by atoms with Crippen LogP contribution in [-0.2, 0) is 4.74 Å². The number of carbonyl (C=O) groups excluding carboxylic acids is 1. The summed E-state index contributed by atoms with van der Waals surface area (Å²) in [5.74, 6) is 0. The molecule has 1 heterocycles. The lowest BCUT2D eigenvalue weighted by atomic mass is 9.94. The van der Waals surface area contributed by atoms with Gasteiger partial charge in [0.1, 0.15) is 0 Å². The largest absolute Gasteiger partial charge is 0.388 e. The van der Waals surface area contributed by atoms with Crippen LogP contribution in [0.25, 0.3) is 0 Å². The molecule has 1 aromatic rings. The highest BCUT2D eigenvalue weighted by molar-refractivity contribution is 6.33. The van der Waals surface area contributed by atoms with Gasteiger partial charge in [-0.25, -0.2) is 4.79 Å². The van der Waals surface area contributed by atoms with Crippen molar-refractivity contribution in [1.29, 1.82) is 0 Å². The summed E-state index contributed by atoms with van der Waals surface area (Å²) in [6, 6.07) is 6.75. The van der Waals surface area contributed by atoms with Gasteiger partial charge in [-0.1, -0.05) is 23.7 Å². The second kappa shape index (κ2) is 6.43. The monoisotopic (exact) mass is 298 g/mol. The molecule has 0 radical (unpaired) electrons. The van der Waals surface area contributed by atoms with Gasteiger partial charge >= 0.3 is 6.03 Å². The van der Waals surface area contributed by atoms with Gasteiger partial charge in [-0.15, -0.1) is 0 Å². The SMILES string of the molecule is CN(CC1(O)CCOCC1)C(=O)Nc1ccccc1Cl. The van der Waals surface area contributed by atoms with Crippen molar-refractivity contribution in [2.75, 3.05) is 32.1 Å². The number of ether oxygens (including phenoxy) is 1. The van der Waals surface area contributed by atoms with Crippen molar-refractivity contribution in [2.45, 2.75) is 18.4 Å². The van der Waals surface area contributed by atoms with Crippen LogP contribution in [0.5, 0.6) is 0 Å². The molecule has 0 spiro atoms. The van der Waals surface area contributed by atoms with Gasteiger partial charge in [0.25, 0.3) is 0 Å². The van der Waals surface area contributed by atoms with Gasteiger partial charge in [0.15, 0.2) is 0 Å². The molecular weight excluding hydrogens is 280 g/mol. The average molecular weight is 299 g/mol. The molecule has 0 atom stereocenters. The Morgan fingerprint density at radius 1 is 1.45 bits per heavy atom. The van der Waals surface area contributed by atoms with Gasteiger partial charge in [-0.05, 0) is 12.1 Å². The molecule has 0 aliphatic carbocycles. The van der Waals surface area contributed by atoms with Crippen LogP contribution in [0, 0.1) is 0 Å². The van der Waals surface area contributed by atoms with E-state index in [0.29, 0.717) is 36.8 Å². The maximum atomic E-state index is 12.1. The highest BCUT2D eigenvalue weighted by atomic mass is 35.5. The number of nitrogens with zero attached hydrogens (tertiary/aromatic N) is 1. The molecule has 0 aromatic heterocycles. The molecule has 110 valence electrons. The number of nitrogens with one attached hydrogen (secondary N) is 1. The lowest BCUT2D eigenvalue weighted by molar-refractivity contribution is -0.0717. The maximum Gasteiger partial charge on any atom is 0.321 e. The van der Waals surface area contributed by atoms with Crippen molar-refractivity contribution >= 4 is 23.3 Å². The minimum absolute atomic E-state index is 0.270. The van der Waals surface area contributed by atoms with E-state index in [2.05, 4.69) is 5.32 Å². The lowest BCUT2D eigenvalue weighted by Gasteiger charge is -2.35. The fourth-order valence-electron chi connectivity index (χ4n) is 2.20. The molecule has 0 saturated carbocycles. The fraction of sp³-hybridized carbons (Fsp3) is 0.500. The number of anilines is 1. The predicted molar refractivity (Wildman–Crippen MR) is 78.1 cm³/mol. The number of hydrogen-bond donors (Lipinski definition) is 2. The average Bonchev–Trinajstić information content (AvgIpc) is 2.41. The summed E-state index contributed by atoms with van der Waals surface area (Å²) in [5.41, 5.74) is -0.310. The Bertz CT molecular complexity index is 475. The fourth-order valence-corrected chi connectivity index (χ4v) is 2.38. The second-order valence-corrected chi connectivity index (χ2v) is 5.51. The van der Waals surface area contributed by atoms with E-state index in [-0.39, 0.29) is 12.6 Å². The van der Waals surface area contributed by atoms with E-state index in [0.717, 1.165) is 0 Å². The Labute approximate surface area is 123 Å². The third kappa shape index (κ3) is 3.85. The van der Waals surface area contributed by atoms with Crippen LogP contribution in [0.3, 0.4) is 0 Å². The number of amides is 2. The van der Waals surface area contributed by atoms with Crippen molar-refractivity contribution in [2.24, 2.45) is 0 Å². The lowest BCUT2D eigenvalue weighted by Crippen LogP contribution is -2.48. The van der Waals surface area contributed by atoms with E-state index < -0.39 is 5.60 Å². The van der Waals surface area contributed by atoms with Gasteiger partial charge in [0.05, 0.1) is 22.9 Å². The smallest absolute Gasteiger partial charge is 0.321 e. The Kier molecular flexibility index (Phi) is 4.86.